The summed E-state index contributed by atoms with van der Waals surface area (Å²) < 4.78 is 57.7. The number of carbonyl (C=O) groups excluding carboxylic acids is 1. The van der Waals surface area contributed by atoms with Crippen LogP contribution in [0.4, 0.5) is 17.6 Å². The van der Waals surface area contributed by atoms with Crippen molar-refractivity contribution in [3.8, 4) is 11.3 Å². The van der Waals surface area contributed by atoms with Crippen LogP contribution >= 0.6 is 0 Å². The van der Waals surface area contributed by atoms with Crippen molar-refractivity contribution in [3.05, 3.63) is 65.2 Å². The second-order valence-corrected chi connectivity index (χ2v) is 7.61. The summed E-state index contributed by atoms with van der Waals surface area (Å²) in [4.78, 5) is 20.9. The number of benzene rings is 1. The molecule has 11 heteroatoms. The molecule has 0 spiro atoms. The Kier molecular flexibility index (Phi) is 5.68. The van der Waals surface area contributed by atoms with Crippen LogP contribution in [0.1, 0.15) is 65.5 Å². The van der Waals surface area contributed by atoms with Crippen LogP contribution in [0.25, 0.3) is 11.3 Å². The molecule has 1 aliphatic rings. The van der Waals surface area contributed by atoms with E-state index in [-0.39, 0.29) is 28.6 Å². The van der Waals surface area contributed by atoms with Gasteiger partial charge < -0.3 is 14.9 Å². The molecule has 0 radical (unpaired) electrons. The molecule has 4 rings (SSSR count). The van der Waals surface area contributed by atoms with Gasteiger partial charge in [0.05, 0.1) is 11.9 Å². The lowest BCUT2D eigenvalue weighted by Crippen LogP contribution is -2.27. The van der Waals surface area contributed by atoms with Gasteiger partial charge in [0.2, 0.25) is 5.89 Å². The predicted molar refractivity (Wildman–Crippen MR) is 103 cm³/mol. The first kappa shape index (κ1) is 21.9. The molecule has 2 atom stereocenters. The molecular formula is C21H18F4N4O3. The molecule has 0 aliphatic heterocycles. The van der Waals surface area contributed by atoms with E-state index in [1.807, 2.05) is 0 Å². The summed E-state index contributed by atoms with van der Waals surface area (Å²) >= 11 is 0. The molecule has 1 aromatic carbocycles. The summed E-state index contributed by atoms with van der Waals surface area (Å²) in [5, 5.41) is 16.2. The van der Waals surface area contributed by atoms with Crippen LogP contribution in [0.5, 0.6) is 0 Å². The molecule has 1 unspecified atom stereocenters. The minimum atomic E-state index is -4.95. The molecule has 32 heavy (non-hydrogen) atoms. The van der Waals surface area contributed by atoms with E-state index in [1.165, 1.54) is 12.1 Å². The fourth-order valence-corrected chi connectivity index (χ4v) is 3.10. The topological polar surface area (TPSA) is 101 Å². The largest absolute Gasteiger partial charge is 0.418 e. The predicted octanol–water partition coefficient (Wildman–Crippen LogP) is 4.23. The van der Waals surface area contributed by atoms with E-state index < -0.39 is 35.6 Å². The van der Waals surface area contributed by atoms with Crippen LogP contribution < -0.4 is 5.32 Å². The summed E-state index contributed by atoms with van der Waals surface area (Å²) in [5.41, 5.74) is -0.457. The lowest BCUT2D eigenvalue weighted by atomic mass is 9.99. The maximum Gasteiger partial charge on any atom is 0.418 e. The molecule has 0 bridgehead atoms. The molecule has 2 heterocycles. The van der Waals surface area contributed by atoms with Crippen LogP contribution in [-0.4, -0.2) is 32.3 Å². The van der Waals surface area contributed by atoms with Crippen LogP contribution in [-0.2, 0) is 0 Å². The SMILES string of the molecule is C[C@@H](NC(=O)c1cc(-c2ccc(F)cn2)cc(C(O)C(F)(F)F)c1)c1nc(C2CC2)no1. The van der Waals surface area contributed by atoms with Gasteiger partial charge in [-0.3, -0.25) is 9.78 Å². The summed E-state index contributed by atoms with van der Waals surface area (Å²) in [6.45, 7) is 1.60. The number of hydrogen-bond acceptors (Lipinski definition) is 6. The summed E-state index contributed by atoms with van der Waals surface area (Å²) in [5.74, 6) is -0.365. The highest BCUT2D eigenvalue weighted by Gasteiger charge is 2.40. The molecule has 3 aromatic rings. The smallest absolute Gasteiger partial charge is 0.379 e. The van der Waals surface area contributed by atoms with Crippen LogP contribution in [0.2, 0.25) is 0 Å². The Morgan fingerprint density at radius 1 is 1.25 bits per heavy atom. The normalized spacial score (nSPS) is 15.9. The Balaban J connectivity index is 1.63. The van der Waals surface area contributed by atoms with E-state index in [9.17, 15) is 27.5 Å². The average Bonchev–Trinajstić information content (AvgIpc) is 3.48. The quantitative estimate of drug-likeness (QED) is 0.545. The number of aromatic nitrogens is 3. The first-order valence-electron chi connectivity index (χ1n) is 9.78. The van der Waals surface area contributed by atoms with Gasteiger partial charge in [0.15, 0.2) is 11.9 Å². The van der Waals surface area contributed by atoms with Crippen molar-refractivity contribution in [3.63, 3.8) is 0 Å². The highest BCUT2D eigenvalue weighted by molar-refractivity contribution is 5.95. The Hall–Kier alpha value is -3.34. The van der Waals surface area contributed by atoms with Crippen molar-refractivity contribution in [2.75, 3.05) is 0 Å². The Bertz CT molecular complexity index is 1130. The van der Waals surface area contributed by atoms with Crippen LogP contribution in [0, 0.1) is 5.82 Å². The first-order chi connectivity index (χ1) is 15.1. The lowest BCUT2D eigenvalue weighted by molar-refractivity contribution is -0.206. The monoisotopic (exact) mass is 450 g/mol. The van der Waals surface area contributed by atoms with Crippen molar-refractivity contribution in [1.29, 1.82) is 0 Å². The maximum atomic E-state index is 13.2. The number of hydrogen-bond donors (Lipinski definition) is 2. The zero-order valence-electron chi connectivity index (χ0n) is 16.7. The minimum Gasteiger partial charge on any atom is -0.379 e. The highest BCUT2D eigenvalue weighted by atomic mass is 19.4. The number of nitrogens with zero attached hydrogens (tertiary/aromatic N) is 3. The first-order valence-corrected chi connectivity index (χ1v) is 9.78. The fourth-order valence-electron chi connectivity index (χ4n) is 3.10. The molecule has 2 N–H and O–H groups in total. The fraction of sp³-hybridized carbons (Fsp3) is 0.333. The zero-order valence-corrected chi connectivity index (χ0v) is 16.7. The van der Waals surface area contributed by atoms with E-state index in [1.54, 1.807) is 6.92 Å². The number of alkyl halides is 3. The third-order valence-corrected chi connectivity index (χ3v) is 4.98. The third-order valence-electron chi connectivity index (χ3n) is 4.98. The number of aliphatic hydroxyl groups excluding tert-OH is 1. The second kappa shape index (κ2) is 8.30. The Morgan fingerprint density at radius 3 is 2.62 bits per heavy atom. The summed E-state index contributed by atoms with van der Waals surface area (Å²) in [6, 6.07) is 4.94. The second-order valence-electron chi connectivity index (χ2n) is 7.61. The molecule has 1 fully saturated rings. The van der Waals surface area contributed by atoms with Gasteiger partial charge in [0.1, 0.15) is 11.9 Å². The van der Waals surface area contributed by atoms with E-state index >= 15 is 0 Å². The molecule has 2 aromatic heterocycles. The van der Waals surface area contributed by atoms with Gasteiger partial charge >= 0.3 is 6.18 Å². The van der Waals surface area contributed by atoms with E-state index in [2.05, 4.69) is 20.4 Å². The number of amides is 1. The van der Waals surface area contributed by atoms with Crippen LogP contribution in [0.3, 0.4) is 0 Å². The van der Waals surface area contributed by atoms with Gasteiger partial charge in [-0.1, -0.05) is 5.16 Å². The van der Waals surface area contributed by atoms with Gasteiger partial charge in [0, 0.05) is 17.0 Å². The number of aliphatic hydroxyl groups is 1. The summed E-state index contributed by atoms with van der Waals surface area (Å²) in [7, 11) is 0. The lowest BCUT2D eigenvalue weighted by Gasteiger charge is -2.18. The van der Waals surface area contributed by atoms with Gasteiger partial charge in [-0.25, -0.2) is 4.39 Å². The number of pyridine rings is 1. The number of halogens is 4. The zero-order chi connectivity index (χ0) is 23.0. The van der Waals surface area contributed by atoms with Gasteiger partial charge in [-0.15, -0.1) is 0 Å². The van der Waals surface area contributed by atoms with Crippen molar-refractivity contribution in [2.45, 2.75) is 44.0 Å². The van der Waals surface area contributed by atoms with Gasteiger partial charge in [0.25, 0.3) is 5.91 Å². The van der Waals surface area contributed by atoms with Gasteiger partial charge in [-0.2, -0.15) is 18.2 Å². The van der Waals surface area contributed by atoms with Crippen molar-refractivity contribution in [1.82, 2.24) is 20.4 Å². The molecule has 0 saturated heterocycles. The van der Waals surface area contributed by atoms with Crippen molar-refractivity contribution < 1.29 is 32.0 Å². The molecule has 7 nitrogen and oxygen atoms in total. The van der Waals surface area contributed by atoms with Crippen molar-refractivity contribution >= 4 is 5.91 Å². The standard InChI is InChI=1S/C21H18F4N4O3/c1-10(20-28-18(29-32-20)11-2-3-11)27-19(31)14-7-12(16-5-4-15(22)9-26-16)6-13(8-14)17(30)21(23,24)25/h4-11,17,30H,2-3H2,1H3,(H,27,31)/t10-,17?/m1/s1. The van der Waals surface area contributed by atoms with E-state index in [4.69, 9.17) is 4.52 Å². The van der Waals surface area contributed by atoms with Crippen LogP contribution in [0.15, 0.2) is 41.1 Å². The molecule has 168 valence electrons. The molecule has 1 amide bonds. The number of rotatable bonds is 6. The molecule has 1 saturated carbocycles. The molecular weight excluding hydrogens is 432 g/mol. The highest BCUT2D eigenvalue weighted by Crippen LogP contribution is 2.38. The average molecular weight is 450 g/mol. The number of nitrogens with one attached hydrogen (secondary N) is 1. The Labute approximate surface area is 179 Å². The number of carbonyl (C=O) groups is 1. The summed E-state index contributed by atoms with van der Waals surface area (Å²) in [6.07, 6.45) is -4.93. The maximum absolute atomic E-state index is 13.2. The van der Waals surface area contributed by atoms with Crippen molar-refractivity contribution in [2.24, 2.45) is 0 Å². The third kappa shape index (κ3) is 4.77. The minimum absolute atomic E-state index is 0.109. The van der Waals surface area contributed by atoms with Gasteiger partial charge in [-0.05, 0) is 55.7 Å². The molecule has 1 aliphatic carbocycles. The van der Waals surface area contributed by atoms with E-state index in [0.29, 0.717) is 5.82 Å². The van der Waals surface area contributed by atoms with E-state index in [0.717, 1.165) is 37.2 Å². The Morgan fingerprint density at radius 2 is 2.00 bits per heavy atom.